The summed E-state index contributed by atoms with van der Waals surface area (Å²) in [7, 11) is 0. The summed E-state index contributed by atoms with van der Waals surface area (Å²) in [6.45, 7) is 3.08. The molecule has 30 heavy (non-hydrogen) atoms. The van der Waals surface area contributed by atoms with Crippen LogP contribution in [0.2, 0.25) is 0 Å². The topological polar surface area (TPSA) is 64.4 Å². The van der Waals surface area contributed by atoms with E-state index in [9.17, 15) is 14.0 Å². The molecular weight excluding hydrogens is 405 g/mol. The van der Waals surface area contributed by atoms with E-state index in [0.717, 1.165) is 17.7 Å². The van der Waals surface area contributed by atoms with Crippen molar-refractivity contribution in [2.24, 2.45) is 0 Å². The Morgan fingerprint density at radius 1 is 1.33 bits per heavy atom. The van der Waals surface area contributed by atoms with Crippen molar-refractivity contribution >= 4 is 17.2 Å². The van der Waals surface area contributed by atoms with E-state index in [1.807, 2.05) is 17.5 Å². The standard InChI is InChI=1S/C22H22FN3O3S/c1-15-12-20(27)21(24-26(15)19-9-3-2-8-18(19)23)22(28)25(13-16-6-4-10-29-16)14-17-7-5-11-30-17/h2-3,5,7-9,11-12,16H,4,6,10,13-14H2,1H3. The summed E-state index contributed by atoms with van der Waals surface area (Å²) in [4.78, 5) is 28.6. The van der Waals surface area contributed by atoms with E-state index in [1.54, 1.807) is 41.4 Å². The Morgan fingerprint density at radius 2 is 2.17 bits per heavy atom. The fourth-order valence-corrected chi connectivity index (χ4v) is 4.28. The summed E-state index contributed by atoms with van der Waals surface area (Å²) in [5, 5.41) is 6.21. The summed E-state index contributed by atoms with van der Waals surface area (Å²) >= 11 is 1.54. The number of rotatable bonds is 6. The van der Waals surface area contributed by atoms with E-state index in [4.69, 9.17) is 4.74 Å². The van der Waals surface area contributed by atoms with Crippen LogP contribution in [0.15, 0.2) is 52.6 Å². The molecule has 1 aromatic carbocycles. The molecule has 0 radical (unpaired) electrons. The zero-order chi connectivity index (χ0) is 21.1. The summed E-state index contributed by atoms with van der Waals surface area (Å²) < 4.78 is 21.3. The van der Waals surface area contributed by atoms with Gasteiger partial charge in [-0.05, 0) is 43.3 Å². The highest BCUT2D eigenvalue weighted by Crippen LogP contribution is 2.19. The number of thiophene rings is 1. The van der Waals surface area contributed by atoms with Crippen LogP contribution in [0.3, 0.4) is 0 Å². The van der Waals surface area contributed by atoms with E-state index < -0.39 is 17.2 Å². The number of nitrogens with zero attached hydrogens (tertiary/aromatic N) is 3. The van der Waals surface area contributed by atoms with Crippen molar-refractivity contribution in [3.8, 4) is 5.69 Å². The van der Waals surface area contributed by atoms with Gasteiger partial charge in [-0.15, -0.1) is 11.3 Å². The second kappa shape index (κ2) is 8.89. The van der Waals surface area contributed by atoms with Crippen LogP contribution in [0.1, 0.15) is 33.9 Å². The van der Waals surface area contributed by atoms with Crippen molar-refractivity contribution in [1.82, 2.24) is 14.7 Å². The Kier molecular flexibility index (Phi) is 6.06. The fourth-order valence-electron chi connectivity index (χ4n) is 3.56. The van der Waals surface area contributed by atoms with Gasteiger partial charge in [0.2, 0.25) is 5.43 Å². The molecule has 1 aliphatic heterocycles. The molecule has 8 heteroatoms. The number of carbonyl (C=O) groups excluding carboxylic acids is 1. The van der Waals surface area contributed by atoms with E-state index in [2.05, 4.69) is 5.10 Å². The average molecular weight is 428 g/mol. The lowest BCUT2D eigenvalue weighted by atomic mass is 10.2. The number of aryl methyl sites for hydroxylation is 1. The molecule has 1 aliphatic rings. The molecule has 0 spiro atoms. The van der Waals surface area contributed by atoms with Crippen LogP contribution in [0.5, 0.6) is 0 Å². The smallest absolute Gasteiger partial charge is 0.278 e. The predicted octanol–water partition coefficient (Wildman–Crippen LogP) is 3.56. The molecular formula is C22H22FN3O3S. The van der Waals surface area contributed by atoms with Gasteiger partial charge in [0.05, 0.1) is 12.6 Å². The van der Waals surface area contributed by atoms with Crippen LogP contribution >= 0.6 is 11.3 Å². The second-order valence-electron chi connectivity index (χ2n) is 7.26. The maximum atomic E-state index is 14.3. The molecule has 1 saturated heterocycles. The zero-order valence-corrected chi connectivity index (χ0v) is 17.4. The first kappa shape index (κ1) is 20.4. The minimum absolute atomic E-state index is 0.0619. The number of halogens is 1. The van der Waals surface area contributed by atoms with Crippen LogP contribution in [0.4, 0.5) is 4.39 Å². The number of para-hydroxylation sites is 1. The maximum absolute atomic E-state index is 14.3. The summed E-state index contributed by atoms with van der Waals surface area (Å²) in [6, 6.07) is 11.3. The van der Waals surface area contributed by atoms with Crippen molar-refractivity contribution in [3.63, 3.8) is 0 Å². The van der Waals surface area contributed by atoms with E-state index >= 15 is 0 Å². The molecule has 3 heterocycles. The minimum atomic E-state index is -0.482. The summed E-state index contributed by atoms with van der Waals surface area (Å²) in [6.07, 6.45) is 1.76. The van der Waals surface area contributed by atoms with E-state index in [-0.39, 0.29) is 17.5 Å². The van der Waals surface area contributed by atoms with Crippen molar-refractivity contribution in [2.45, 2.75) is 32.4 Å². The number of hydrogen-bond acceptors (Lipinski definition) is 5. The van der Waals surface area contributed by atoms with E-state index in [0.29, 0.717) is 25.4 Å². The SMILES string of the molecule is Cc1cc(=O)c(C(=O)N(Cc2cccs2)CC2CCCO2)nn1-c1ccccc1F. The molecule has 4 rings (SSSR count). The van der Waals surface area contributed by atoms with Crippen molar-refractivity contribution in [2.75, 3.05) is 13.2 Å². The quantitative estimate of drug-likeness (QED) is 0.603. The van der Waals surface area contributed by atoms with Gasteiger partial charge in [-0.2, -0.15) is 5.10 Å². The fraction of sp³-hybridized carbons (Fsp3) is 0.318. The van der Waals surface area contributed by atoms with Gasteiger partial charge in [0.15, 0.2) is 5.69 Å². The minimum Gasteiger partial charge on any atom is -0.376 e. The Bertz CT molecular complexity index is 1090. The van der Waals surface area contributed by atoms with Crippen molar-refractivity contribution in [3.05, 3.63) is 80.2 Å². The molecule has 0 saturated carbocycles. The van der Waals surface area contributed by atoms with Gasteiger partial charge in [-0.1, -0.05) is 18.2 Å². The zero-order valence-electron chi connectivity index (χ0n) is 16.6. The van der Waals surface area contributed by atoms with Gasteiger partial charge in [0, 0.05) is 29.8 Å². The molecule has 1 fully saturated rings. The highest BCUT2D eigenvalue weighted by atomic mass is 32.1. The second-order valence-corrected chi connectivity index (χ2v) is 8.29. The Hall–Kier alpha value is -2.84. The molecule has 0 bridgehead atoms. The van der Waals surface area contributed by atoms with Gasteiger partial charge >= 0.3 is 0 Å². The molecule has 6 nitrogen and oxygen atoms in total. The van der Waals surface area contributed by atoms with Gasteiger partial charge in [0.1, 0.15) is 11.5 Å². The van der Waals surface area contributed by atoms with Crippen LogP contribution in [0.25, 0.3) is 5.69 Å². The monoisotopic (exact) mass is 427 g/mol. The Morgan fingerprint density at radius 3 is 2.87 bits per heavy atom. The number of carbonyl (C=O) groups is 1. The summed E-state index contributed by atoms with van der Waals surface area (Å²) in [5.41, 5.74) is -0.0643. The first-order valence-electron chi connectivity index (χ1n) is 9.82. The van der Waals surface area contributed by atoms with Crippen LogP contribution in [-0.2, 0) is 11.3 Å². The Balaban J connectivity index is 1.70. The van der Waals surface area contributed by atoms with Gasteiger partial charge in [0.25, 0.3) is 5.91 Å². The summed E-state index contributed by atoms with van der Waals surface area (Å²) in [5.74, 6) is -0.959. The molecule has 156 valence electrons. The van der Waals surface area contributed by atoms with Crippen LogP contribution < -0.4 is 5.43 Å². The Labute approximate surface area is 177 Å². The maximum Gasteiger partial charge on any atom is 0.278 e. The molecule has 1 atom stereocenters. The molecule has 3 aromatic rings. The largest absolute Gasteiger partial charge is 0.376 e. The molecule has 1 unspecified atom stereocenters. The first-order valence-corrected chi connectivity index (χ1v) is 10.7. The average Bonchev–Trinajstić information content (AvgIpc) is 3.42. The normalized spacial score (nSPS) is 16.0. The lowest BCUT2D eigenvalue weighted by Crippen LogP contribution is -2.40. The number of aromatic nitrogens is 2. The third-order valence-electron chi connectivity index (χ3n) is 5.05. The van der Waals surface area contributed by atoms with Crippen molar-refractivity contribution < 1.29 is 13.9 Å². The number of hydrogen-bond donors (Lipinski definition) is 0. The van der Waals surface area contributed by atoms with Crippen molar-refractivity contribution in [1.29, 1.82) is 0 Å². The third kappa shape index (κ3) is 4.34. The third-order valence-corrected chi connectivity index (χ3v) is 5.91. The van der Waals surface area contributed by atoms with Crippen LogP contribution in [0, 0.1) is 12.7 Å². The molecule has 1 amide bonds. The highest BCUT2D eigenvalue weighted by Gasteiger charge is 2.27. The lowest BCUT2D eigenvalue weighted by molar-refractivity contribution is 0.0502. The first-order chi connectivity index (χ1) is 14.5. The van der Waals surface area contributed by atoms with E-state index in [1.165, 1.54) is 16.8 Å². The van der Waals surface area contributed by atoms with Gasteiger partial charge < -0.3 is 9.64 Å². The number of ether oxygens (including phenoxy) is 1. The number of benzene rings is 1. The highest BCUT2D eigenvalue weighted by molar-refractivity contribution is 7.09. The lowest BCUT2D eigenvalue weighted by Gasteiger charge is -2.25. The van der Waals surface area contributed by atoms with Crippen LogP contribution in [-0.4, -0.2) is 39.8 Å². The molecule has 2 aromatic heterocycles. The number of amides is 1. The molecule has 0 aliphatic carbocycles. The van der Waals surface area contributed by atoms with Gasteiger partial charge in [-0.25, -0.2) is 9.07 Å². The molecule has 0 N–H and O–H groups in total. The van der Waals surface area contributed by atoms with Gasteiger partial charge in [-0.3, -0.25) is 9.59 Å². The predicted molar refractivity (Wildman–Crippen MR) is 113 cm³/mol.